The lowest BCUT2D eigenvalue weighted by Crippen LogP contribution is -2.07. The van der Waals surface area contributed by atoms with E-state index in [1.54, 1.807) is 20.0 Å². The van der Waals surface area contributed by atoms with Gasteiger partial charge in [0.15, 0.2) is 0 Å². The molecule has 4 nitrogen and oxygen atoms in total. The molecule has 0 heterocycles. The maximum atomic E-state index is 10.4. The normalized spacial score (nSPS) is 12.0. The van der Waals surface area contributed by atoms with Gasteiger partial charge in [0.25, 0.3) is 7.82 Å². The van der Waals surface area contributed by atoms with E-state index >= 15 is 0 Å². The summed E-state index contributed by atoms with van der Waals surface area (Å²) in [4.78, 5) is 10.4. The van der Waals surface area contributed by atoms with Crippen LogP contribution in [0, 0.1) is 0 Å². The molecule has 0 aliphatic heterocycles. The lowest BCUT2D eigenvalue weighted by Gasteiger charge is -2.23. The molecule has 0 spiro atoms. The fourth-order valence-electron chi connectivity index (χ4n) is 3.79. The molecule has 0 aliphatic rings. The summed E-state index contributed by atoms with van der Waals surface area (Å²) in [7, 11) is -4.46. The van der Waals surface area contributed by atoms with Crippen LogP contribution < -0.4 is 4.89 Å². The molecule has 0 rings (SSSR count). The van der Waals surface area contributed by atoms with Crippen LogP contribution in [0.3, 0.4) is 0 Å². The summed E-state index contributed by atoms with van der Waals surface area (Å²) in [6, 6.07) is 0. The van der Waals surface area contributed by atoms with Crippen molar-refractivity contribution >= 4 is 15.1 Å². The number of hydrogen-bond acceptors (Lipinski definition) is 4. The van der Waals surface area contributed by atoms with Gasteiger partial charge in [0.1, 0.15) is 0 Å². The Kier molecular flexibility index (Phi) is 24.8. The highest BCUT2D eigenvalue weighted by Gasteiger charge is 2.29. The molecule has 0 N–H and O–H groups in total. The number of hydrogen-bond donors (Lipinski definition) is 0. The van der Waals surface area contributed by atoms with Crippen LogP contribution in [0.2, 0.25) is 0 Å². The Bertz CT molecular complexity index is 369. The Hall–Kier alpha value is 0.540. The van der Waals surface area contributed by atoms with Crippen molar-refractivity contribution in [3.05, 3.63) is 0 Å². The van der Waals surface area contributed by atoms with Gasteiger partial charge in [-0.05, 0) is 47.5 Å². The summed E-state index contributed by atoms with van der Waals surface area (Å²) in [5.41, 5.74) is 0. The summed E-state index contributed by atoms with van der Waals surface area (Å²) in [6.45, 7) is 13.0. The molecule has 0 saturated carbocycles. The Balaban J connectivity index is 0. The summed E-state index contributed by atoms with van der Waals surface area (Å²) in [5, 5.41) is 0. The van der Waals surface area contributed by atoms with Gasteiger partial charge in [0.2, 0.25) is 0 Å². The van der Waals surface area contributed by atoms with Crippen molar-refractivity contribution in [1.82, 2.24) is 0 Å². The van der Waals surface area contributed by atoms with E-state index in [0.29, 0.717) is 0 Å². The van der Waals surface area contributed by atoms with E-state index in [1.165, 1.54) is 95.5 Å². The van der Waals surface area contributed by atoms with Crippen molar-refractivity contribution in [2.45, 2.75) is 119 Å². The van der Waals surface area contributed by atoms with Crippen molar-refractivity contribution in [1.29, 1.82) is 0 Å². The molecule has 184 valence electrons. The van der Waals surface area contributed by atoms with Gasteiger partial charge in [-0.2, -0.15) is 0 Å². The van der Waals surface area contributed by atoms with Gasteiger partial charge >= 0.3 is 0 Å². The minimum Gasteiger partial charge on any atom is -0.756 e. The minimum atomic E-state index is -3.94. The van der Waals surface area contributed by atoms with Gasteiger partial charge < -0.3 is 13.9 Å². The molecule has 0 amide bonds. The first-order valence-corrected chi connectivity index (χ1v) is 16.8. The first-order chi connectivity index (χ1) is 14.4. The fraction of sp³-hybridized carbons (Fsp3) is 1.00. The molecule has 0 aromatic rings. The molecule has 6 heteroatoms. The molecular weight excluding hydrogens is 414 g/mol. The van der Waals surface area contributed by atoms with Crippen LogP contribution in [0.5, 0.6) is 0 Å². The zero-order valence-electron chi connectivity index (χ0n) is 21.3. The van der Waals surface area contributed by atoms with E-state index in [-0.39, 0.29) is 13.2 Å². The van der Waals surface area contributed by atoms with Gasteiger partial charge in [-0.1, -0.05) is 71.1 Å². The third-order valence-electron chi connectivity index (χ3n) is 6.07. The van der Waals surface area contributed by atoms with Crippen LogP contribution >= 0.6 is 15.1 Å². The zero-order valence-corrected chi connectivity index (χ0v) is 23.0. The van der Waals surface area contributed by atoms with Gasteiger partial charge in [-0.15, -0.1) is 0 Å². The van der Waals surface area contributed by atoms with Crippen LogP contribution in [0.25, 0.3) is 0 Å². The van der Waals surface area contributed by atoms with Gasteiger partial charge in [0.05, 0.1) is 37.9 Å². The zero-order chi connectivity index (χ0) is 23.1. The number of phosphoric ester groups is 1. The van der Waals surface area contributed by atoms with Crippen LogP contribution in [0.15, 0.2) is 0 Å². The first-order valence-electron chi connectivity index (χ1n) is 12.8. The molecule has 0 aromatic carbocycles. The molecule has 30 heavy (non-hydrogen) atoms. The van der Waals surface area contributed by atoms with Gasteiger partial charge in [0, 0.05) is 7.26 Å². The predicted octanol–water partition coefficient (Wildman–Crippen LogP) is 8.29. The standard InChI is InChI=1S/C20H44P.C4H11O4P/c1-5-9-10-11-12-13-14-15-16-17-18-19-20-21(6-2,7-3)8-4;1-3-7-9(5,6)8-4-2/h5-20H2,1-4H3;3-4H2,1-2H3,(H,5,6)/q+1;/p-1. The molecule has 0 aliphatic carbocycles. The summed E-state index contributed by atoms with van der Waals surface area (Å²) < 4.78 is 18.9. The molecule has 0 radical (unpaired) electrons. The van der Waals surface area contributed by atoms with E-state index in [2.05, 4.69) is 36.7 Å². The average molecular weight is 469 g/mol. The monoisotopic (exact) mass is 468 g/mol. The number of unbranched alkanes of at least 4 members (excludes halogenated alkanes) is 11. The van der Waals surface area contributed by atoms with Crippen LogP contribution in [0.1, 0.15) is 119 Å². The van der Waals surface area contributed by atoms with E-state index in [9.17, 15) is 9.46 Å². The Morgan fingerprint density at radius 1 is 0.600 bits per heavy atom. The SMILES string of the molecule is CCCCCCCCCCCCCC[P+](CC)(CC)CC.CCOP(=O)([O-])OCC. The third kappa shape index (κ3) is 20.4. The second-order valence-corrected chi connectivity index (χ2v) is 14.6. The second kappa shape index (κ2) is 22.7. The highest BCUT2D eigenvalue weighted by atomic mass is 31.2. The van der Waals surface area contributed by atoms with Crippen molar-refractivity contribution in [3.63, 3.8) is 0 Å². The maximum absolute atomic E-state index is 10.4. The van der Waals surface area contributed by atoms with E-state index < -0.39 is 15.1 Å². The second-order valence-electron chi connectivity index (χ2n) is 8.19. The Morgan fingerprint density at radius 3 is 1.23 bits per heavy atom. The Labute approximate surface area is 190 Å². The average Bonchev–Trinajstić information content (AvgIpc) is 2.72. The summed E-state index contributed by atoms with van der Waals surface area (Å²) >= 11 is 0. The Morgan fingerprint density at radius 2 is 0.933 bits per heavy atom. The predicted molar refractivity (Wildman–Crippen MR) is 135 cm³/mol. The summed E-state index contributed by atoms with van der Waals surface area (Å²) in [6.07, 6.45) is 23.7. The maximum Gasteiger partial charge on any atom is 0.267 e. The van der Waals surface area contributed by atoms with Gasteiger partial charge in [-0.25, -0.2) is 0 Å². The van der Waals surface area contributed by atoms with Crippen molar-refractivity contribution in [2.24, 2.45) is 0 Å². The topological polar surface area (TPSA) is 58.6 Å². The largest absolute Gasteiger partial charge is 0.756 e. The smallest absolute Gasteiger partial charge is 0.267 e. The van der Waals surface area contributed by atoms with Gasteiger partial charge in [-0.3, -0.25) is 4.57 Å². The quantitative estimate of drug-likeness (QED) is 0.133. The summed E-state index contributed by atoms with van der Waals surface area (Å²) in [5.74, 6) is 0. The third-order valence-corrected chi connectivity index (χ3v) is 12.5. The molecule has 0 bridgehead atoms. The van der Waals surface area contributed by atoms with Crippen molar-refractivity contribution < 1.29 is 18.5 Å². The van der Waals surface area contributed by atoms with E-state index in [1.807, 2.05) is 0 Å². The molecule has 0 fully saturated rings. The van der Waals surface area contributed by atoms with E-state index in [4.69, 9.17) is 0 Å². The van der Waals surface area contributed by atoms with Crippen molar-refractivity contribution in [2.75, 3.05) is 37.9 Å². The first kappa shape index (κ1) is 32.7. The molecular formula is C24H54O4P2. The molecule has 0 atom stereocenters. The number of phosphoric acid groups is 1. The fourth-order valence-corrected chi connectivity index (χ4v) is 7.68. The highest BCUT2D eigenvalue weighted by Crippen LogP contribution is 2.58. The molecule has 0 unspecified atom stereocenters. The molecule has 0 saturated heterocycles. The molecule has 0 aromatic heterocycles. The highest BCUT2D eigenvalue weighted by molar-refractivity contribution is 7.75. The lowest BCUT2D eigenvalue weighted by molar-refractivity contribution is -0.224. The van der Waals surface area contributed by atoms with Crippen LogP contribution in [-0.4, -0.2) is 37.9 Å². The van der Waals surface area contributed by atoms with E-state index in [0.717, 1.165) is 0 Å². The van der Waals surface area contributed by atoms with Crippen LogP contribution in [0.4, 0.5) is 0 Å². The minimum absolute atomic E-state index is 0.126. The number of rotatable bonds is 20. The lowest BCUT2D eigenvalue weighted by atomic mass is 10.1. The van der Waals surface area contributed by atoms with Crippen LogP contribution in [-0.2, 0) is 13.6 Å². The van der Waals surface area contributed by atoms with Crippen molar-refractivity contribution in [3.8, 4) is 0 Å².